The predicted octanol–water partition coefficient (Wildman–Crippen LogP) is 3.78. The molecule has 2 rings (SSSR count). The summed E-state index contributed by atoms with van der Waals surface area (Å²) in [5, 5.41) is 22.5. The van der Waals surface area contributed by atoms with Gasteiger partial charge in [0.25, 0.3) is 5.69 Å². The van der Waals surface area contributed by atoms with E-state index >= 15 is 0 Å². The first kappa shape index (κ1) is 15.2. The van der Waals surface area contributed by atoms with Gasteiger partial charge in [0, 0.05) is 21.4 Å². The Morgan fingerprint density at radius 3 is 2.43 bits per heavy atom. The molecule has 0 aromatic heterocycles. The molecule has 0 aliphatic carbocycles. The Labute approximate surface area is 131 Å². The second-order valence-corrected chi connectivity index (χ2v) is 5.29. The van der Waals surface area contributed by atoms with Crippen LogP contribution in [0.3, 0.4) is 0 Å². The van der Waals surface area contributed by atoms with E-state index < -0.39 is 28.0 Å². The van der Waals surface area contributed by atoms with Gasteiger partial charge in [-0.2, -0.15) is 0 Å². The number of hydrogen-bond acceptors (Lipinski definition) is 4. The number of nitro groups is 1. The quantitative estimate of drug-likeness (QED) is 0.462. The van der Waals surface area contributed by atoms with E-state index in [4.69, 9.17) is 5.11 Å². The zero-order valence-corrected chi connectivity index (χ0v) is 12.5. The minimum absolute atomic E-state index is 0.108. The molecule has 8 heteroatoms. The molecule has 0 unspecified atom stereocenters. The van der Waals surface area contributed by atoms with Crippen molar-refractivity contribution in [3.63, 3.8) is 0 Å². The number of aromatic carboxylic acids is 1. The Morgan fingerprint density at radius 2 is 1.90 bits per heavy atom. The van der Waals surface area contributed by atoms with Crippen LogP contribution in [0.1, 0.15) is 10.4 Å². The highest BCUT2D eigenvalue weighted by molar-refractivity contribution is 14.1. The van der Waals surface area contributed by atoms with Crippen molar-refractivity contribution in [1.82, 2.24) is 0 Å². The van der Waals surface area contributed by atoms with Gasteiger partial charge in [0.15, 0.2) is 0 Å². The third kappa shape index (κ3) is 3.45. The number of nitrogens with zero attached hydrogens (tertiary/aromatic N) is 1. The van der Waals surface area contributed by atoms with Crippen LogP contribution in [0.4, 0.5) is 21.5 Å². The molecule has 0 heterocycles. The van der Waals surface area contributed by atoms with E-state index in [0.29, 0.717) is 11.8 Å². The predicted molar refractivity (Wildman–Crippen MR) is 82.5 cm³/mol. The van der Waals surface area contributed by atoms with Crippen LogP contribution in [0.5, 0.6) is 0 Å². The highest BCUT2D eigenvalue weighted by Gasteiger charge is 2.22. The lowest BCUT2D eigenvalue weighted by Crippen LogP contribution is -2.05. The number of nitrogens with one attached hydrogen (secondary N) is 1. The molecule has 0 atom stereocenters. The van der Waals surface area contributed by atoms with Crippen LogP contribution in [0.2, 0.25) is 0 Å². The molecule has 0 aliphatic heterocycles. The molecule has 0 radical (unpaired) electrons. The van der Waals surface area contributed by atoms with Gasteiger partial charge in [-0.25, -0.2) is 9.18 Å². The number of anilines is 2. The third-order valence-electron chi connectivity index (χ3n) is 2.64. The molecule has 6 nitrogen and oxygen atoms in total. The Morgan fingerprint density at radius 1 is 1.29 bits per heavy atom. The maximum atomic E-state index is 13.7. The van der Waals surface area contributed by atoms with Crippen molar-refractivity contribution in [2.75, 3.05) is 5.32 Å². The molecule has 2 aromatic carbocycles. The zero-order chi connectivity index (χ0) is 15.6. The minimum Gasteiger partial charge on any atom is -0.478 e. The van der Waals surface area contributed by atoms with Gasteiger partial charge < -0.3 is 10.4 Å². The lowest BCUT2D eigenvalue weighted by Gasteiger charge is -2.08. The molecule has 0 spiro atoms. The number of carboxylic acid groups (broad SMARTS) is 1. The summed E-state index contributed by atoms with van der Waals surface area (Å²) in [5.74, 6) is -2.60. The second-order valence-electron chi connectivity index (χ2n) is 4.04. The minimum atomic E-state index is -1.56. The molecular formula is C13H8FIN2O4. The summed E-state index contributed by atoms with van der Waals surface area (Å²) in [6.07, 6.45) is 0. The first-order chi connectivity index (χ1) is 9.88. The summed E-state index contributed by atoms with van der Waals surface area (Å²) < 4.78 is 14.6. The third-order valence-corrected chi connectivity index (χ3v) is 3.35. The SMILES string of the molecule is O=C(O)c1cc([N+](=O)[O-])c(Nc2ccc(I)cc2)cc1F. The molecule has 0 aliphatic rings. The molecule has 0 saturated carbocycles. The van der Waals surface area contributed by atoms with Crippen LogP contribution in [0.25, 0.3) is 0 Å². The van der Waals surface area contributed by atoms with Crippen LogP contribution in [0, 0.1) is 19.5 Å². The van der Waals surface area contributed by atoms with E-state index in [2.05, 4.69) is 27.9 Å². The maximum Gasteiger partial charge on any atom is 0.338 e. The Kier molecular flexibility index (Phi) is 4.36. The molecular weight excluding hydrogens is 394 g/mol. The van der Waals surface area contributed by atoms with Crippen molar-refractivity contribution in [3.8, 4) is 0 Å². The smallest absolute Gasteiger partial charge is 0.338 e. The molecule has 0 amide bonds. The largest absolute Gasteiger partial charge is 0.478 e. The highest BCUT2D eigenvalue weighted by Crippen LogP contribution is 2.30. The van der Waals surface area contributed by atoms with E-state index in [9.17, 15) is 19.3 Å². The van der Waals surface area contributed by atoms with Gasteiger partial charge in [0.1, 0.15) is 17.1 Å². The first-order valence-electron chi connectivity index (χ1n) is 5.62. The molecule has 21 heavy (non-hydrogen) atoms. The Balaban J connectivity index is 2.47. The summed E-state index contributed by atoms with van der Waals surface area (Å²) in [6, 6.07) is 8.41. The molecule has 0 fully saturated rings. The number of carbonyl (C=O) groups is 1. The number of rotatable bonds is 4. The van der Waals surface area contributed by atoms with Crippen molar-refractivity contribution >= 4 is 45.6 Å². The maximum absolute atomic E-state index is 13.7. The number of carboxylic acids is 1. The standard InChI is InChI=1S/C13H8FIN2O4/c14-10-6-11(16-8-3-1-7(15)2-4-8)12(17(20)21)5-9(10)13(18)19/h1-6,16H,(H,18,19). The van der Waals surface area contributed by atoms with Crippen LogP contribution in [-0.4, -0.2) is 16.0 Å². The van der Waals surface area contributed by atoms with Gasteiger partial charge in [-0.15, -0.1) is 0 Å². The average molecular weight is 402 g/mol. The van der Waals surface area contributed by atoms with Crippen LogP contribution in [0.15, 0.2) is 36.4 Å². The van der Waals surface area contributed by atoms with E-state index in [0.717, 1.165) is 9.64 Å². The van der Waals surface area contributed by atoms with Crippen LogP contribution < -0.4 is 5.32 Å². The number of nitro benzene ring substituents is 1. The fourth-order valence-electron chi connectivity index (χ4n) is 1.67. The molecule has 2 N–H and O–H groups in total. The van der Waals surface area contributed by atoms with E-state index in [1.54, 1.807) is 24.3 Å². The Hall–Kier alpha value is -2.23. The second kappa shape index (κ2) is 6.04. The summed E-state index contributed by atoms with van der Waals surface area (Å²) in [4.78, 5) is 21.1. The number of halogens is 2. The molecule has 108 valence electrons. The van der Waals surface area contributed by atoms with Crippen LogP contribution >= 0.6 is 22.6 Å². The van der Waals surface area contributed by atoms with Gasteiger partial charge >= 0.3 is 5.97 Å². The van der Waals surface area contributed by atoms with Crippen molar-refractivity contribution in [2.45, 2.75) is 0 Å². The first-order valence-corrected chi connectivity index (χ1v) is 6.70. The van der Waals surface area contributed by atoms with E-state index in [1.807, 2.05) is 0 Å². The average Bonchev–Trinajstić information content (AvgIpc) is 2.40. The number of hydrogen-bond donors (Lipinski definition) is 2. The van der Waals surface area contributed by atoms with Gasteiger partial charge in [-0.1, -0.05) is 0 Å². The zero-order valence-electron chi connectivity index (χ0n) is 10.3. The van der Waals surface area contributed by atoms with Crippen molar-refractivity contribution < 1.29 is 19.2 Å². The normalized spacial score (nSPS) is 10.2. The van der Waals surface area contributed by atoms with Gasteiger partial charge in [0.2, 0.25) is 0 Å². The summed E-state index contributed by atoms with van der Waals surface area (Å²) in [6.45, 7) is 0. The summed E-state index contributed by atoms with van der Waals surface area (Å²) in [7, 11) is 0. The van der Waals surface area contributed by atoms with Crippen LogP contribution in [-0.2, 0) is 0 Å². The van der Waals surface area contributed by atoms with Crippen molar-refractivity contribution in [2.24, 2.45) is 0 Å². The lowest BCUT2D eigenvalue weighted by molar-refractivity contribution is -0.384. The summed E-state index contributed by atoms with van der Waals surface area (Å²) >= 11 is 2.10. The lowest BCUT2D eigenvalue weighted by atomic mass is 10.1. The van der Waals surface area contributed by atoms with Gasteiger partial charge in [-0.05, 0) is 46.9 Å². The van der Waals surface area contributed by atoms with Crippen molar-refractivity contribution in [1.29, 1.82) is 0 Å². The number of benzene rings is 2. The topological polar surface area (TPSA) is 92.5 Å². The van der Waals surface area contributed by atoms with Crippen molar-refractivity contribution in [3.05, 3.63) is 61.5 Å². The summed E-state index contributed by atoms with van der Waals surface area (Å²) in [5.41, 5.74) is -0.827. The van der Waals surface area contributed by atoms with Gasteiger partial charge in [-0.3, -0.25) is 10.1 Å². The molecule has 0 saturated heterocycles. The Bertz CT molecular complexity index is 719. The molecule has 0 bridgehead atoms. The van der Waals surface area contributed by atoms with E-state index in [-0.39, 0.29) is 5.69 Å². The van der Waals surface area contributed by atoms with Gasteiger partial charge in [0.05, 0.1) is 4.92 Å². The van der Waals surface area contributed by atoms with E-state index in [1.165, 1.54) is 0 Å². The fraction of sp³-hybridized carbons (Fsp3) is 0. The monoisotopic (exact) mass is 402 g/mol. The fourth-order valence-corrected chi connectivity index (χ4v) is 2.03. The molecule has 2 aromatic rings. The highest BCUT2D eigenvalue weighted by atomic mass is 127.